The molecule has 1 aromatic heterocycles. The number of alkyl halides is 2. The number of rotatable bonds is 8. The highest BCUT2D eigenvalue weighted by molar-refractivity contribution is 5.94. The molecule has 2 heterocycles. The zero-order valence-electron chi connectivity index (χ0n) is 13.7. The molecule has 0 unspecified atom stereocenters. The Morgan fingerprint density at radius 3 is 2.58 bits per heavy atom. The monoisotopic (exact) mass is 359 g/mol. The Labute approximate surface area is 147 Å². The number of hydrogen-bond donors (Lipinski definition) is 1. The predicted octanol–water partition coefficient (Wildman–Crippen LogP) is 3.37. The van der Waals surface area contributed by atoms with Gasteiger partial charge in [-0.1, -0.05) is 17.3 Å². The van der Waals surface area contributed by atoms with Crippen molar-refractivity contribution in [2.75, 3.05) is 6.54 Å². The fraction of sp³-hybridized carbons (Fsp3) is 0.353. The van der Waals surface area contributed by atoms with E-state index in [-0.39, 0.29) is 11.7 Å². The number of terminal acetylenes is 1. The number of halogens is 2. The molecule has 2 aromatic rings. The first-order valence-electron chi connectivity index (χ1n) is 7.91. The molecular formula is C17H15F2N5O2. The van der Waals surface area contributed by atoms with Gasteiger partial charge in [0.1, 0.15) is 0 Å². The first kappa shape index (κ1) is 17.7. The fourth-order valence-electron chi connectivity index (χ4n) is 2.36. The molecule has 0 atom stereocenters. The minimum absolute atomic E-state index is 0.0414. The van der Waals surface area contributed by atoms with E-state index in [4.69, 9.17) is 6.42 Å². The average Bonchev–Trinajstić information content (AvgIpc) is 3.23. The number of carbonyl (C=O) groups excluding carboxylic acids is 1. The molecule has 0 saturated heterocycles. The van der Waals surface area contributed by atoms with Gasteiger partial charge in [-0.05, 0) is 12.1 Å². The predicted molar refractivity (Wildman–Crippen MR) is 87.3 cm³/mol. The third-order valence-corrected chi connectivity index (χ3v) is 3.90. The maximum Gasteiger partial charge on any atom is 0.315 e. The van der Waals surface area contributed by atoms with Crippen LogP contribution >= 0.6 is 0 Å². The van der Waals surface area contributed by atoms with E-state index in [0.717, 1.165) is 0 Å². The smallest absolute Gasteiger partial charge is 0.315 e. The van der Waals surface area contributed by atoms with Crippen LogP contribution in [0.5, 0.6) is 0 Å². The lowest BCUT2D eigenvalue weighted by atomic mass is 10.0. The molecule has 3 rings (SSSR count). The lowest BCUT2D eigenvalue weighted by molar-refractivity contribution is 0.0951. The second-order valence-corrected chi connectivity index (χ2v) is 5.73. The molecule has 0 saturated carbocycles. The van der Waals surface area contributed by atoms with Gasteiger partial charge in [0.2, 0.25) is 5.82 Å². The summed E-state index contributed by atoms with van der Waals surface area (Å²) in [5.41, 5.74) is 0.458. The van der Waals surface area contributed by atoms with Crippen molar-refractivity contribution < 1.29 is 18.1 Å². The zero-order chi connectivity index (χ0) is 18.6. The van der Waals surface area contributed by atoms with Crippen molar-refractivity contribution in [2.45, 2.75) is 31.4 Å². The first-order chi connectivity index (χ1) is 12.5. The Morgan fingerprint density at radius 2 is 2.00 bits per heavy atom. The Balaban J connectivity index is 1.53. The highest BCUT2D eigenvalue weighted by Gasteiger charge is 2.38. The number of amides is 1. The summed E-state index contributed by atoms with van der Waals surface area (Å²) in [7, 11) is 0. The standard InChI is InChI=1S/C17H15F2N5O2/c1-2-3-8-17(23-24-17)9-10-20-15(25)12-6-4-11(5-7-12)14-21-16(13(18)19)26-22-14/h1,4-7,13H,3,8-10H2,(H,20,25). The Kier molecular flexibility index (Phi) is 5.02. The molecule has 1 aliphatic heterocycles. The van der Waals surface area contributed by atoms with E-state index < -0.39 is 18.0 Å². The maximum absolute atomic E-state index is 12.5. The lowest BCUT2D eigenvalue weighted by Crippen LogP contribution is -2.28. The lowest BCUT2D eigenvalue weighted by Gasteiger charge is -2.10. The summed E-state index contributed by atoms with van der Waals surface area (Å²) in [4.78, 5) is 15.8. The van der Waals surface area contributed by atoms with Crippen molar-refractivity contribution in [3.63, 3.8) is 0 Å². The molecule has 1 amide bonds. The topological polar surface area (TPSA) is 92.7 Å². The van der Waals surface area contributed by atoms with Crippen LogP contribution in [0.15, 0.2) is 39.0 Å². The third-order valence-electron chi connectivity index (χ3n) is 3.90. The number of benzene rings is 1. The number of nitrogens with one attached hydrogen (secondary N) is 1. The van der Waals surface area contributed by atoms with Crippen LogP contribution in [0.2, 0.25) is 0 Å². The van der Waals surface area contributed by atoms with Crippen LogP contribution in [0, 0.1) is 12.3 Å². The minimum Gasteiger partial charge on any atom is -0.352 e. The number of nitrogens with zero attached hydrogens (tertiary/aromatic N) is 4. The molecule has 26 heavy (non-hydrogen) atoms. The highest BCUT2D eigenvalue weighted by Crippen LogP contribution is 2.36. The van der Waals surface area contributed by atoms with Crippen molar-refractivity contribution in [3.8, 4) is 23.7 Å². The van der Waals surface area contributed by atoms with Crippen molar-refractivity contribution in [1.29, 1.82) is 0 Å². The molecule has 7 nitrogen and oxygen atoms in total. The summed E-state index contributed by atoms with van der Waals surface area (Å²) in [5.74, 6) is 1.59. The minimum atomic E-state index is -2.82. The fourth-order valence-corrected chi connectivity index (χ4v) is 2.36. The summed E-state index contributed by atoms with van der Waals surface area (Å²) >= 11 is 0. The van der Waals surface area contributed by atoms with E-state index in [0.29, 0.717) is 36.9 Å². The van der Waals surface area contributed by atoms with Crippen LogP contribution in [0.3, 0.4) is 0 Å². The SMILES string of the molecule is C#CCCC1(CCNC(=O)c2ccc(-c3noc(C(F)F)n3)cc2)N=N1. The van der Waals surface area contributed by atoms with Gasteiger partial charge in [-0.3, -0.25) is 4.79 Å². The normalized spacial score (nSPS) is 14.2. The largest absolute Gasteiger partial charge is 0.352 e. The third kappa shape index (κ3) is 4.08. The number of aromatic nitrogens is 2. The van der Waals surface area contributed by atoms with Crippen molar-refractivity contribution in [1.82, 2.24) is 15.5 Å². The molecule has 9 heteroatoms. The van der Waals surface area contributed by atoms with Gasteiger partial charge in [0.05, 0.1) is 0 Å². The summed E-state index contributed by atoms with van der Waals surface area (Å²) in [6.45, 7) is 0.417. The number of hydrogen-bond acceptors (Lipinski definition) is 6. The average molecular weight is 359 g/mol. The summed E-state index contributed by atoms with van der Waals surface area (Å²) in [6.07, 6.45) is 4.27. The Morgan fingerprint density at radius 1 is 1.27 bits per heavy atom. The van der Waals surface area contributed by atoms with E-state index in [1.165, 1.54) is 0 Å². The van der Waals surface area contributed by atoms with Crippen LogP contribution in [0.25, 0.3) is 11.4 Å². The van der Waals surface area contributed by atoms with Gasteiger partial charge in [0.25, 0.3) is 11.8 Å². The Bertz CT molecular complexity index is 849. The van der Waals surface area contributed by atoms with Gasteiger partial charge >= 0.3 is 6.43 Å². The molecule has 0 fully saturated rings. The molecule has 0 bridgehead atoms. The van der Waals surface area contributed by atoms with E-state index in [1.807, 2.05) is 0 Å². The van der Waals surface area contributed by atoms with E-state index in [1.54, 1.807) is 24.3 Å². The second kappa shape index (κ2) is 7.39. The molecule has 1 aliphatic rings. The van der Waals surface area contributed by atoms with Gasteiger partial charge in [0.15, 0.2) is 5.66 Å². The number of carbonyl (C=O) groups is 1. The summed E-state index contributed by atoms with van der Waals surface area (Å²) in [6, 6.07) is 6.25. The van der Waals surface area contributed by atoms with E-state index in [2.05, 4.69) is 36.1 Å². The summed E-state index contributed by atoms with van der Waals surface area (Å²) in [5, 5.41) is 14.3. The maximum atomic E-state index is 12.5. The van der Waals surface area contributed by atoms with Crippen molar-refractivity contribution in [2.24, 2.45) is 10.2 Å². The van der Waals surface area contributed by atoms with Crippen molar-refractivity contribution >= 4 is 5.91 Å². The van der Waals surface area contributed by atoms with Gasteiger partial charge < -0.3 is 9.84 Å². The molecule has 1 aromatic carbocycles. The quantitative estimate of drug-likeness (QED) is 0.731. The molecule has 1 N–H and O–H groups in total. The van der Waals surface area contributed by atoms with Gasteiger partial charge in [-0.15, -0.1) is 12.3 Å². The van der Waals surface area contributed by atoms with Gasteiger partial charge in [-0.25, -0.2) is 0 Å². The van der Waals surface area contributed by atoms with Crippen LogP contribution in [0.1, 0.15) is 41.9 Å². The van der Waals surface area contributed by atoms with Crippen molar-refractivity contribution in [3.05, 3.63) is 35.7 Å². The van der Waals surface area contributed by atoms with E-state index >= 15 is 0 Å². The van der Waals surface area contributed by atoms with Crippen LogP contribution < -0.4 is 5.32 Å². The Hall–Kier alpha value is -3.15. The van der Waals surface area contributed by atoms with Crippen LogP contribution in [-0.2, 0) is 0 Å². The van der Waals surface area contributed by atoms with Crippen LogP contribution in [0.4, 0.5) is 8.78 Å². The van der Waals surface area contributed by atoms with Gasteiger partial charge in [-0.2, -0.15) is 24.0 Å². The van der Waals surface area contributed by atoms with E-state index in [9.17, 15) is 13.6 Å². The zero-order valence-corrected chi connectivity index (χ0v) is 13.7. The second-order valence-electron chi connectivity index (χ2n) is 5.73. The molecule has 0 spiro atoms. The summed E-state index contributed by atoms with van der Waals surface area (Å²) < 4.78 is 29.4. The highest BCUT2D eigenvalue weighted by atomic mass is 19.3. The van der Waals surface area contributed by atoms with Crippen LogP contribution in [-0.4, -0.2) is 28.3 Å². The first-order valence-corrected chi connectivity index (χ1v) is 7.91. The molecule has 0 aliphatic carbocycles. The molecule has 0 radical (unpaired) electrons. The van der Waals surface area contributed by atoms with Gasteiger partial charge in [0, 0.05) is 36.9 Å². The molecular weight excluding hydrogens is 344 g/mol. The molecule has 134 valence electrons.